The topological polar surface area (TPSA) is 84.5 Å². The molecule has 0 spiro atoms. The Bertz CT molecular complexity index is 1190. The molecule has 9 heteroatoms. The highest BCUT2D eigenvalue weighted by molar-refractivity contribution is 9.10. The summed E-state index contributed by atoms with van der Waals surface area (Å²) in [6, 6.07) is 7.17. The van der Waals surface area contributed by atoms with Gasteiger partial charge in [0.2, 0.25) is 5.91 Å². The van der Waals surface area contributed by atoms with E-state index in [1.54, 1.807) is 10.7 Å². The first kappa shape index (κ1) is 23.0. The van der Waals surface area contributed by atoms with Crippen LogP contribution in [0.2, 0.25) is 0 Å². The van der Waals surface area contributed by atoms with Crippen LogP contribution in [0.15, 0.2) is 24.3 Å². The van der Waals surface area contributed by atoms with Crippen molar-refractivity contribution in [1.29, 1.82) is 0 Å². The predicted molar refractivity (Wildman–Crippen MR) is 137 cm³/mol. The third-order valence-corrected chi connectivity index (χ3v) is 9.70. The summed E-state index contributed by atoms with van der Waals surface area (Å²) in [7, 11) is 0. The van der Waals surface area contributed by atoms with Crippen LogP contribution in [-0.2, 0) is 4.79 Å². The highest BCUT2D eigenvalue weighted by Crippen LogP contribution is 2.64. The Labute approximate surface area is 213 Å². The number of halogens is 1. The van der Waals surface area contributed by atoms with Gasteiger partial charge in [-0.05, 0) is 82.4 Å². The van der Waals surface area contributed by atoms with Crippen molar-refractivity contribution in [2.45, 2.75) is 56.7 Å². The largest absolute Gasteiger partial charge is 0.368 e. The second kappa shape index (κ2) is 8.05. The van der Waals surface area contributed by atoms with Gasteiger partial charge in [0, 0.05) is 48.0 Å². The molecular weight excluding hydrogens is 510 g/mol. The Morgan fingerprint density at radius 2 is 1.77 bits per heavy atom. The molecule has 0 N–H and O–H groups in total. The van der Waals surface area contributed by atoms with Gasteiger partial charge in [-0.3, -0.25) is 14.9 Å². The minimum atomic E-state index is -0.353. The first-order chi connectivity index (χ1) is 16.6. The minimum Gasteiger partial charge on any atom is -0.368 e. The lowest BCUT2D eigenvalue weighted by Crippen LogP contribution is -2.61. The third-order valence-electron chi connectivity index (χ3n) is 8.77. The molecule has 8 nitrogen and oxygen atoms in total. The van der Waals surface area contributed by atoms with Gasteiger partial charge in [0.15, 0.2) is 0 Å². The second-order valence-electron chi connectivity index (χ2n) is 11.4. The van der Waals surface area contributed by atoms with Crippen LogP contribution in [0.25, 0.3) is 5.69 Å². The number of alkyl halides is 1. The summed E-state index contributed by atoms with van der Waals surface area (Å²) >= 11 is 4.04. The first-order valence-corrected chi connectivity index (χ1v) is 13.5. The molecule has 1 saturated heterocycles. The molecule has 4 aliphatic carbocycles. The molecule has 0 unspecified atom stereocenters. The zero-order valence-electron chi connectivity index (χ0n) is 20.4. The highest BCUT2D eigenvalue weighted by Gasteiger charge is 2.60. The van der Waals surface area contributed by atoms with Crippen LogP contribution < -0.4 is 4.90 Å². The van der Waals surface area contributed by atoms with Crippen molar-refractivity contribution < 1.29 is 9.72 Å². The van der Waals surface area contributed by atoms with Gasteiger partial charge in [-0.25, -0.2) is 4.68 Å². The SMILES string of the molecule is Cc1cc(C)n(-c2cc(N3CCN(C(=O)C45C[C@H]6C[C@@H](CC(Br)(C6)C4)C5)CC3)ccc2[N+](=O)[O-])n1. The number of benzene rings is 1. The van der Waals surface area contributed by atoms with E-state index in [4.69, 9.17) is 0 Å². The van der Waals surface area contributed by atoms with E-state index in [9.17, 15) is 14.9 Å². The third kappa shape index (κ3) is 3.86. The van der Waals surface area contributed by atoms with E-state index in [-0.39, 0.29) is 20.3 Å². The van der Waals surface area contributed by atoms with Crippen LogP contribution in [0.3, 0.4) is 0 Å². The molecular formula is C26H32BrN5O3. The van der Waals surface area contributed by atoms with E-state index in [1.165, 1.54) is 19.3 Å². The molecule has 1 aliphatic heterocycles. The normalized spacial score (nSPS) is 31.7. The molecule has 35 heavy (non-hydrogen) atoms. The molecule has 1 amide bonds. The summed E-state index contributed by atoms with van der Waals surface area (Å²) in [6.45, 7) is 6.62. The average molecular weight is 542 g/mol. The minimum absolute atomic E-state index is 0.0410. The van der Waals surface area contributed by atoms with Crippen LogP contribution in [0.5, 0.6) is 0 Å². The lowest BCUT2D eigenvalue weighted by atomic mass is 9.49. The fraction of sp³-hybridized carbons (Fsp3) is 0.615. The molecule has 1 aromatic heterocycles. The molecule has 186 valence electrons. The van der Waals surface area contributed by atoms with E-state index >= 15 is 0 Å². The van der Waals surface area contributed by atoms with Crippen molar-refractivity contribution in [2.75, 3.05) is 31.1 Å². The molecule has 5 fully saturated rings. The van der Waals surface area contributed by atoms with Crippen LogP contribution >= 0.6 is 15.9 Å². The molecule has 2 heterocycles. The standard InChI is InChI=1S/C26H32BrN5O3/c1-17-9-18(2)31(28-17)23-11-21(3-4-22(23)32(34)35)29-5-7-30(8-6-29)24(33)25-12-19-10-20(13-25)15-26(27,14-19)16-25/h3-4,9,11,19-20H,5-8,10,12-16H2,1-2H3/t19-,20-,25?,26?/m1/s1. The van der Waals surface area contributed by atoms with Crippen LogP contribution in [0.4, 0.5) is 11.4 Å². The van der Waals surface area contributed by atoms with E-state index in [2.05, 4.69) is 30.8 Å². The van der Waals surface area contributed by atoms with Crippen LogP contribution in [-0.4, -0.2) is 56.0 Å². The number of nitrogens with zero attached hydrogens (tertiary/aromatic N) is 5. The maximum Gasteiger partial charge on any atom is 0.295 e. The number of amides is 1. The van der Waals surface area contributed by atoms with Gasteiger partial charge in [0.05, 0.1) is 16.0 Å². The number of aryl methyl sites for hydroxylation is 2. The zero-order valence-corrected chi connectivity index (χ0v) is 22.0. The maximum atomic E-state index is 13.8. The van der Waals surface area contributed by atoms with E-state index in [0.717, 1.165) is 49.4 Å². The Morgan fingerprint density at radius 3 is 2.34 bits per heavy atom. The summed E-state index contributed by atoms with van der Waals surface area (Å²) in [5.74, 6) is 1.74. The Morgan fingerprint density at radius 1 is 1.09 bits per heavy atom. The molecule has 0 radical (unpaired) electrons. The summed E-state index contributed by atoms with van der Waals surface area (Å²) in [6.07, 6.45) is 6.86. The van der Waals surface area contributed by atoms with Gasteiger partial charge in [-0.15, -0.1) is 0 Å². The fourth-order valence-electron chi connectivity index (χ4n) is 7.81. The predicted octanol–water partition coefficient (Wildman–Crippen LogP) is 4.78. The summed E-state index contributed by atoms with van der Waals surface area (Å²) < 4.78 is 1.83. The van der Waals surface area contributed by atoms with Crippen molar-refractivity contribution in [3.63, 3.8) is 0 Å². The monoisotopic (exact) mass is 541 g/mol. The lowest BCUT2D eigenvalue weighted by Gasteiger charge is -2.60. The molecule has 2 aromatic rings. The number of hydrogen-bond acceptors (Lipinski definition) is 5. The van der Waals surface area contributed by atoms with Crippen molar-refractivity contribution in [2.24, 2.45) is 17.3 Å². The molecule has 4 bridgehead atoms. The quantitative estimate of drug-likeness (QED) is 0.316. The van der Waals surface area contributed by atoms with Gasteiger partial charge >= 0.3 is 0 Å². The van der Waals surface area contributed by atoms with Gasteiger partial charge in [-0.1, -0.05) is 15.9 Å². The van der Waals surface area contributed by atoms with Gasteiger partial charge in [-0.2, -0.15) is 5.10 Å². The number of anilines is 1. The van der Waals surface area contributed by atoms with Crippen LogP contribution in [0, 0.1) is 41.2 Å². The Balaban J connectivity index is 1.20. The smallest absolute Gasteiger partial charge is 0.295 e. The first-order valence-electron chi connectivity index (χ1n) is 12.7. The lowest BCUT2D eigenvalue weighted by molar-refractivity contribution is -0.384. The number of carbonyl (C=O) groups excluding carboxylic acids is 1. The summed E-state index contributed by atoms with van der Waals surface area (Å²) in [4.78, 5) is 29.5. The summed E-state index contributed by atoms with van der Waals surface area (Å²) in [5, 5.41) is 16.2. The van der Waals surface area contributed by atoms with Crippen molar-refractivity contribution >= 4 is 33.2 Å². The number of aromatic nitrogens is 2. The Hall–Kier alpha value is -2.42. The molecule has 2 atom stereocenters. The molecule has 1 aromatic carbocycles. The molecule has 4 saturated carbocycles. The van der Waals surface area contributed by atoms with E-state index in [0.29, 0.717) is 36.5 Å². The second-order valence-corrected chi connectivity index (χ2v) is 13.1. The van der Waals surface area contributed by atoms with E-state index < -0.39 is 0 Å². The van der Waals surface area contributed by atoms with Crippen molar-refractivity contribution in [1.82, 2.24) is 14.7 Å². The van der Waals surface area contributed by atoms with Gasteiger partial charge < -0.3 is 9.80 Å². The van der Waals surface area contributed by atoms with Crippen LogP contribution in [0.1, 0.15) is 49.9 Å². The maximum absolute atomic E-state index is 13.8. The molecule has 7 rings (SSSR count). The van der Waals surface area contributed by atoms with E-state index in [1.807, 2.05) is 32.0 Å². The summed E-state index contributed by atoms with van der Waals surface area (Å²) in [5.41, 5.74) is 2.96. The number of piperazine rings is 1. The highest BCUT2D eigenvalue weighted by atomic mass is 79.9. The average Bonchev–Trinajstić information content (AvgIpc) is 3.14. The number of carbonyl (C=O) groups is 1. The number of rotatable bonds is 4. The Kier molecular flexibility index (Phi) is 5.29. The van der Waals surface area contributed by atoms with Crippen molar-refractivity contribution in [3.05, 3.63) is 45.8 Å². The van der Waals surface area contributed by atoms with Gasteiger partial charge in [0.1, 0.15) is 5.69 Å². The fourth-order valence-corrected chi connectivity index (χ4v) is 9.26. The van der Waals surface area contributed by atoms with Crippen molar-refractivity contribution in [3.8, 4) is 5.69 Å². The van der Waals surface area contributed by atoms with Gasteiger partial charge in [0.25, 0.3) is 5.69 Å². The number of nitro groups is 1. The number of hydrogen-bond donors (Lipinski definition) is 0. The molecule has 5 aliphatic rings. The number of nitro benzene ring substituents is 1. The zero-order chi connectivity index (χ0) is 24.5.